The molecule has 0 N–H and O–H groups in total. The molecule has 0 unspecified atom stereocenters. The third-order valence-corrected chi connectivity index (χ3v) is 5.69. The Bertz CT molecular complexity index is 907. The lowest BCUT2D eigenvalue weighted by Crippen LogP contribution is -2.33. The first-order valence-corrected chi connectivity index (χ1v) is 9.89. The highest BCUT2D eigenvalue weighted by Crippen LogP contribution is 2.23. The molecule has 3 aromatic rings. The van der Waals surface area contributed by atoms with Gasteiger partial charge in [0, 0.05) is 11.6 Å². The molecule has 26 heavy (non-hydrogen) atoms. The average molecular weight is 368 g/mol. The Hall–Kier alpha value is -1.84. The normalized spacial score (nSPS) is 16.4. The van der Waals surface area contributed by atoms with Gasteiger partial charge in [-0.2, -0.15) is 0 Å². The molecule has 3 nitrogen and oxygen atoms in total. The molecule has 0 bridgehead atoms. The van der Waals surface area contributed by atoms with Crippen LogP contribution in [0.4, 0.5) is 0 Å². The summed E-state index contributed by atoms with van der Waals surface area (Å²) in [6.07, 6.45) is 2.57. The molecule has 0 aliphatic carbocycles. The standard InChI is InChI=1S/C22H26ClN3/c1-16-8-10-25(11-9-16)15-22-24-20-7-6-17(2)12-21(20)26(22)14-18-4-3-5-19(23)13-18/h3-7,12-13,16H,8-11,14-15H2,1-2H3. The van der Waals surface area contributed by atoms with Crippen molar-refractivity contribution < 1.29 is 0 Å². The fourth-order valence-corrected chi connectivity index (χ4v) is 4.03. The number of benzene rings is 2. The molecule has 136 valence electrons. The summed E-state index contributed by atoms with van der Waals surface area (Å²) in [5.41, 5.74) is 4.78. The summed E-state index contributed by atoms with van der Waals surface area (Å²) in [6, 6.07) is 14.7. The van der Waals surface area contributed by atoms with E-state index < -0.39 is 0 Å². The van der Waals surface area contributed by atoms with Crippen LogP contribution in [-0.2, 0) is 13.1 Å². The fraction of sp³-hybridized carbons (Fsp3) is 0.409. The van der Waals surface area contributed by atoms with Crippen LogP contribution in [0.25, 0.3) is 11.0 Å². The molecular weight excluding hydrogens is 342 g/mol. The molecule has 1 aliphatic rings. The van der Waals surface area contributed by atoms with Gasteiger partial charge in [0.2, 0.25) is 0 Å². The summed E-state index contributed by atoms with van der Waals surface area (Å²) in [5, 5.41) is 0.787. The predicted octanol–water partition coefficient (Wildman–Crippen LogP) is 5.28. The Balaban J connectivity index is 1.69. The molecule has 0 spiro atoms. The number of rotatable bonds is 4. The van der Waals surface area contributed by atoms with Crippen LogP contribution < -0.4 is 0 Å². The molecule has 2 aromatic carbocycles. The second-order valence-electron chi connectivity index (χ2n) is 7.69. The highest BCUT2D eigenvalue weighted by Gasteiger charge is 2.19. The van der Waals surface area contributed by atoms with E-state index in [1.807, 2.05) is 12.1 Å². The third kappa shape index (κ3) is 3.79. The van der Waals surface area contributed by atoms with Gasteiger partial charge in [-0.15, -0.1) is 0 Å². The maximum absolute atomic E-state index is 6.20. The molecule has 4 rings (SSSR count). The number of hydrogen-bond acceptors (Lipinski definition) is 2. The molecule has 1 aromatic heterocycles. The lowest BCUT2D eigenvalue weighted by molar-refractivity contribution is 0.180. The summed E-state index contributed by atoms with van der Waals surface area (Å²) in [6.45, 7) is 8.55. The molecule has 0 atom stereocenters. The Morgan fingerprint density at radius 2 is 1.88 bits per heavy atom. The van der Waals surface area contributed by atoms with Gasteiger partial charge in [-0.25, -0.2) is 4.98 Å². The zero-order valence-electron chi connectivity index (χ0n) is 15.6. The van der Waals surface area contributed by atoms with Gasteiger partial charge in [0.15, 0.2) is 0 Å². The second kappa shape index (κ2) is 7.42. The van der Waals surface area contributed by atoms with Crippen molar-refractivity contribution in [1.29, 1.82) is 0 Å². The average Bonchev–Trinajstić information content (AvgIpc) is 2.94. The van der Waals surface area contributed by atoms with Crippen molar-refractivity contribution in [2.75, 3.05) is 13.1 Å². The van der Waals surface area contributed by atoms with Crippen LogP contribution in [0.1, 0.15) is 36.7 Å². The van der Waals surface area contributed by atoms with Crippen LogP contribution in [-0.4, -0.2) is 27.5 Å². The van der Waals surface area contributed by atoms with Crippen molar-refractivity contribution in [3.05, 3.63) is 64.4 Å². The highest BCUT2D eigenvalue weighted by molar-refractivity contribution is 6.30. The largest absolute Gasteiger partial charge is 0.322 e. The van der Waals surface area contributed by atoms with Crippen molar-refractivity contribution in [2.45, 2.75) is 39.8 Å². The zero-order valence-corrected chi connectivity index (χ0v) is 16.3. The predicted molar refractivity (Wildman–Crippen MR) is 109 cm³/mol. The second-order valence-corrected chi connectivity index (χ2v) is 8.13. The van der Waals surface area contributed by atoms with E-state index in [2.05, 4.69) is 53.6 Å². The monoisotopic (exact) mass is 367 g/mol. The summed E-state index contributed by atoms with van der Waals surface area (Å²) >= 11 is 6.20. The summed E-state index contributed by atoms with van der Waals surface area (Å²) in [7, 11) is 0. The smallest absolute Gasteiger partial charge is 0.124 e. The van der Waals surface area contributed by atoms with Crippen molar-refractivity contribution >= 4 is 22.6 Å². The molecule has 1 fully saturated rings. The van der Waals surface area contributed by atoms with Crippen LogP contribution in [0.2, 0.25) is 5.02 Å². The van der Waals surface area contributed by atoms with Crippen LogP contribution in [0.5, 0.6) is 0 Å². The number of hydrogen-bond donors (Lipinski definition) is 0. The SMILES string of the molecule is Cc1ccc2nc(CN3CCC(C)CC3)n(Cc3cccc(Cl)c3)c2c1. The minimum atomic E-state index is 0.787. The van der Waals surface area contributed by atoms with Gasteiger partial charge in [-0.3, -0.25) is 4.90 Å². The Morgan fingerprint density at radius 1 is 1.08 bits per heavy atom. The van der Waals surface area contributed by atoms with Crippen molar-refractivity contribution in [2.24, 2.45) is 5.92 Å². The summed E-state index contributed by atoms with van der Waals surface area (Å²) in [4.78, 5) is 7.52. The number of halogens is 1. The first-order chi connectivity index (χ1) is 12.6. The molecule has 0 amide bonds. The maximum Gasteiger partial charge on any atom is 0.124 e. The number of likely N-dealkylation sites (tertiary alicyclic amines) is 1. The van der Waals surface area contributed by atoms with Crippen molar-refractivity contribution in [1.82, 2.24) is 14.5 Å². The topological polar surface area (TPSA) is 21.1 Å². The van der Waals surface area contributed by atoms with E-state index in [0.29, 0.717) is 0 Å². The van der Waals surface area contributed by atoms with Crippen LogP contribution >= 0.6 is 11.6 Å². The van der Waals surface area contributed by atoms with Gasteiger partial charge >= 0.3 is 0 Å². The summed E-state index contributed by atoms with van der Waals surface area (Å²) < 4.78 is 2.37. The van der Waals surface area contributed by atoms with Gasteiger partial charge < -0.3 is 4.57 Å². The lowest BCUT2D eigenvalue weighted by atomic mass is 9.99. The zero-order chi connectivity index (χ0) is 18.1. The van der Waals surface area contributed by atoms with E-state index >= 15 is 0 Å². The van der Waals surface area contributed by atoms with Gasteiger partial charge in [-0.05, 0) is 74.2 Å². The van der Waals surface area contributed by atoms with Gasteiger partial charge in [-0.1, -0.05) is 36.7 Å². The van der Waals surface area contributed by atoms with E-state index in [4.69, 9.17) is 16.6 Å². The quantitative estimate of drug-likeness (QED) is 0.625. The lowest BCUT2D eigenvalue weighted by Gasteiger charge is -2.30. The first-order valence-electron chi connectivity index (χ1n) is 9.51. The molecule has 0 radical (unpaired) electrons. The minimum Gasteiger partial charge on any atom is -0.322 e. The number of imidazole rings is 1. The van der Waals surface area contributed by atoms with Crippen molar-refractivity contribution in [3.8, 4) is 0 Å². The fourth-order valence-electron chi connectivity index (χ4n) is 3.82. The van der Waals surface area contributed by atoms with E-state index in [1.165, 1.54) is 42.6 Å². The Morgan fingerprint density at radius 3 is 2.65 bits per heavy atom. The number of aromatic nitrogens is 2. The molecule has 4 heteroatoms. The maximum atomic E-state index is 6.20. The summed E-state index contributed by atoms with van der Waals surface area (Å²) in [5.74, 6) is 2.00. The molecule has 1 saturated heterocycles. The molecule has 2 heterocycles. The Kier molecular flexibility index (Phi) is 5.01. The van der Waals surface area contributed by atoms with Gasteiger partial charge in [0.25, 0.3) is 0 Å². The van der Waals surface area contributed by atoms with E-state index in [9.17, 15) is 0 Å². The molecule has 0 saturated carbocycles. The van der Waals surface area contributed by atoms with Crippen LogP contribution in [0, 0.1) is 12.8 Å². The molecular formula is C22H26ClN3. The first kappa shape index (κ1) is 17.6. The third-order valence-electron chi connectivity index (χ3n) is 5.45. The van der Waals surface area contributed by atoms with E-state index in [0.717, 1.165) is 35.4 Å². The van der Waals surface area contributed by atoms with Crippen molar-refractivity contribution in [3.63, 3.8) is 0 Å². The molecule has 1 aliphatic heterocycles. The minimum absolute atomic E-state index is 0.787. The van der Waals surface area contributed by atoms with E-state index in [-0.39, 0.29) is 0 Å². The van der Waals surface area contributed by atoms with E-state index in [1.54, 1.807) is 0 Å². The van der Waals surface area contributed by atoms with Crippen LogP contribution in [0.3, 0.4) is 0 Å². The van der Waals surface area contributed by atoms with Crippen LogP contribution in [0.15, 0.2) is 42.5 Å². The number of nitrogens with zero attached hydrogens (tertiary/aromatic N) is 3. The van der Waals surface area contributed by atoms with Gasteiger partial charge in [0.1, 0.15) is 5.82 Å². The highest BCUT2D eigenvalue weighted by atomic mass is 35.5. The Labute approximate surface area is 160 Å². The van der Waals surface area contributed by atoms with Gasteiger partial charge in [0.05, 0.1) is 17.6 Å². The number of aryl methyl sites for hydroxylation is 1. The number of fused-ring (bicyclic) bond motifs is 1. The number of piperidine rings is 1.